The van der Waals surface area contributed by atoms with E-state index in [1.54, 1.807) is 28.9 Å². The minimum absolute atomic E-state index is 0.190. The lowest BCUT2D eigenvalue weighted by molar-refractivity contribution is -0.141. The van der Waals surface area contributed by atoms with Crippen LogP contribution in [0, 0.1) is 5.92 Å². The van der Waals surface area contributed by atoms with E-state index in [9.17, 15) is 9.59 Å². The van der Waals surface area contributed by atoms with Gasteiger partial charge in [-0.2, -0.15) is 5.10 Å². The summed E-state index contributed by atoms with van der Waals surface area (Å²) in [5.74, 6) is -1.46. The molecule has 1 aliphatic rings. The zero-order valence-corrected chi connectivity index (χ0v) is 8.96. The molecular formula is C10H13N3O3. The van der Waals surface area contributed by atoms with E-state index in [4.69, 9.17) is 5.11 Å². The molecule has 1 aromatic heterocycles. The minimum Gasteiger partial charge on any atom is -0.481 e. The number of aliphatic carboxylic acids is 1. The van der Waals surface area contributed by atoms with Crippen molar-refractivity contribution in [1.82, 2.24) is 14.7 Å². The van der Waals surface area contributed by atoms with Gasteiger partial charge < -0.3 is 10.0 Å². The molecule has 1 fully saturated rings. The topological polar surface area (TPSA) is 75.4 Å². The van der Waals surface area contributed by atoms with Gasteiger partial charge in [-0.15, -0.1) is 0 Å². The number of aromatic nitrogens is 2. The molecule has 86 valence electrons. The number of carboxylic acid groups (broad SMARTS) is 1. The Bertz CT molecular complexity index is 427. The molecular weight excluding hydrogens is 210 g/mol. The molecule has 0 aromatic carbocycles. The third kappa shape index (κ3) is 1.91. The predicted molar refractivity (Wildman–Crippen MR) is 54.9 cm³/mol. The lowest BCUT2D eigenvalue weighted by atomic mass is 10.1. The molecule has 1 N–H and O–H groups in total. The molecule has 6 nitrogen and oxygen atoms in total. The SMILES string of the molecule is Cn1ccc(C(=O)N2CCC(C(=O)O)C2)n1. The lowest BCUT2D eigenvalue weighted by Gasteiger charge is -2.13. The summed E-state index contributed by atoms with van der Waals surface area (Å²) in [5, 5.41) is 12.8. The van der Waals surface area contributed by atoms with E-state index in [-0.39, 0.29) is 12.5 Å². The average Bonchev–Trinajstić information content (AvgIpc) is 2.84. The first kappa shape index (κ1) is 10.7. The molecule has 1 amide bonds. The highest BCUT2D eigenvalue weighted by Gasteiger charge is 2.31. The minimum atomic E-state index is -0.837. The molecule has 1 aromatic rings. The summed E-state index contributed by atoms with van der Waals surface area (Å²) in [6.07, 6.45) is 2.21. The van der Waals surface area contributed by atoms with E-state index in [1.165, 1.54) is 0 Å². The number of carboxylic acids is 1. The summed E-state index contributed by atoms with van der Waals surface area (Å²) >= 11 is 0. The van der Waals surface area contributed by atoms with Crippen molar-refractivity contribution < 1.29 is 14.7 Å². The van der Waals surface area contributed by atoms with Crippen molar-refractivity contribution in [2.75, 3.05) is 13.1 Å². The number of rotatable bonds is 2. The molecule has 0 saturated carbocycles. The van der Waals surface area contributed by atoms with Gasteiger partial charge in [-0.3, -0.25) is 14.3 Å². The van der Waals surface area contributed by atoms with Crippen LogP contribution < -0.4 is 0 Å². The molecule has 1 saturated heterocycles. The highest BCUT2D eigenvalue weighted by atomic mass is 16.4. The maximum absolute atomic E-state index is 11.9. The van der Waals surface area contributed by atoms with Crippen LogP contribution in [0.5, 0.6) is 0 Å². The monoisotopic (exact) mass is 223 g/mol. The summed E-state index contributed by atoms with van der Waals surface area (Å²) in [6.45, 7) is 0.775. The zero-order valence-electron chi connectivity index (χ0n) is 8.96. The smallest absolute Gasteiger partial charge is 0.308 e. The Hall–Kier alpha value is -1.85. The summed E-state index contributed by atoms with van der Waals surface area (Å²) in [4.78, 5) is 24.2. The van der Waals surface area contributed by atoms with Crippen LogP contribution in [0.15, 0.2) is 12.3 Å². The third-order valence-electron chi connectivity index (χ3n) is 2.76. The summed E-state index contributed by atoms with van der Waals surface area (Å²) in [7, 11) is 1.74. The van der Waals surface area contributed by atoms with Crippen LogP contribution in [0.3, 0.4) is 0 Å². The molecule has 0 bridgehead atoms. The molecule has 1 atom stereocenters. The molecule has 0 radical (unpaired) electrons. The Kier molecular flexibility index (Phi) is 2.64. The van der Waals surface area contributed by atoms with Crippen LogP contribution >= 0.6 is 0 Å². The molecule has 2 rings (SSSR count). The maximum Gasteiger partial charge on any atom is 0.308 e. The van der Waals surface area contributed by atoms with Gasteiger partial charge in [0.2, 0.25) is 0 Å². The van der Waals surface area contributed by atoms with Crippen molar-refractivity contribution in [1.29, 1.82) is 0 Å². The highest BCUT2D eigenvalue weighted by molar-refractivity contribution is 5.92. The van der Waals surface area contributed by atoms with Crippen molar-refractivity contribution in [3.05, 3.63) is 18.0 Å². The Morgan fingerprint density at radius 1 is 1.56 bits per heavy atom. The van der Waals surface area contributed by atoms with Gasteiger partial charge in [0, 0.05) is 26.3 Å². The maximum atomic E-state index is 11.9. The number of amides is 1. The fourth-order valence-corrected chi connectivity index (χ4v) is 1.84. The Morgan fingerprint density at radius 3 is 2.81 bits per heavy atom. The summed E-state index contributed by atoms with van der Waals surface area (Å²) in [5.41, 5.74) is 0.369. The second-order valence-electron chi connectivity index (χ2n) is 3.95. The number of hydrogen-bond donors (Lipinski definition) is 1. The number of nitrogens with zero attached hydrogens (tertiary/aromatic N) is 3. The fraction of sp³-hybridized carbons (Fsp3) is 0.500. The van der Waals surface area contributed by atoms with Crippen LogP contribution in [0.2, 0.25) is 0 Å². The number of carbonyl (C=O) groups is 2. The van der Waals surface area contributed by atoms with E-state index in [0.717, 1.165) is 0 Å². The van der Waals surface area contributed by atoms with Gasteiger partial charge >= 0.3 is 5.97 Å². The standard InChI is InChI=1S/C10H13N3O3/c1-12-4-3-8(11-12)9(14)13-5-2-7(6-13)10(15)16/h3-4,7H,2,5-6H2,1H3,(H,15,16). The molecule has 6 heteroatoms. The lowest BCUT2D eigenvalue weighted by Crippen LogP contribution is -2.30. The Morgan fingerprint density at radius 2 is 2.31 bits per heavy atom. The van der Waals surface area contributed by atoms with Crippen LogP contribution in [0.4, 0.5) is 0 Å². The number of hydrogen-bond acceptors (Lipinski definition) is 3. The van der Waals surface area contributed by atoms with Gasteiger partial charge in [-0.25, -0.2) is 0 Å². The second-order valence-corrected chi connectivity index (χ2v) is 3.95. The van der Waals surface area contributed by atoms with Crippen LogP contribution in [0.1, 0.15) is 16.9 Å². The molecule has 1 unspecified atom stereocenters. The van der Waals surface area contributed by atoms with Gasteiger partial charge in [-0.1, -0.05) is 0 Å². The van der Waals surface area contributed by atoms with Gasteiger partial charge in [0.05, 0.1) is 5.92 Å². The van der Waals surface area contributed by atoms with E-state index in [2.05, 4.69) is 5.10 Å². The first-order valence-corrected chi connectivity index (χ1v) is 5.09. The number of aryl methyl sites for hydroxylation is 1. The quantitative estimate of drug-likeness (QED) is 0.763. The van der Waals surface area contributed by atoms with Gasteiger partial charge in [-0.05, 0) is 12.5 Å². The largest absolute Gasteiger partial charge is 0.481 e. The average molecular weight is 223 g/mol. The molecule has 2 heterocycles. The van der Waals surface area contributed by atoms with Crippen molar-refractivity contribution in [3.63, 3.8) is 0 Å². The van der Waals surface area contributed by atoms with Gasteiger partial charge in [0.1, 0.15) is 5.69 Å². The fourth-order valence-electron chi connectivity index (χ4n) is 1.84. The highest BCUT2D eigenvalue weighted by Crippen LogP contribution is 2.18. The van der Waals surface area contributed by atoms with Gasteiger partial charge in [0.25, 0.3) is 5.91 Å². The molecule has 1 aliphatic heterocycles. The van der Waals surface area contributed by atoms with Crippen molar-refractivity contribution in [2.45, 2.75) is 6.42 Å². The molecule has 0 spiro atoms. The summed E-state index contributed by atoms with van der Waals surface area (Å²) < 4.78 is 1.55. The molecule has 0 aliphatic carbocycles. The first-order chi connectivity index (χ1) is 7.58. The van der Waals surface area contributed by atoms with Crippen LogP contribution in [0.25, 0.3) is 0 Å². The van der Waals surface area contributed by atoms with E-state index in [1.807, 2.05) is 0 Å². The van der Waals surface area contributed by atoms with Crippen LogP contribution in [-0.2, 0) is 11.8 Å². The van der Waals surface area contributed by atoms with E-state index >= 15 is 0 Å². The van der Waals surface area contributed by atoms with Crippen molar-refractivity contribution in [2.24, 2.45) is 13.0 Å². The normalized spacial score (nSPS) is 20.1. The first-order valence-electron chi connectivity index (χ1n) is 5.09. The van der Waals surface area contributed by atoms with Crippen molar-refractivity contribution in [3.8, 4) is 0 Å². The second kappa shape index (κ2) is 3.96. The Balaban J connectivity index is 2.05. The summed E-state index contributed by atoms with van der Waals surface area (Å²) in [6, 6.07) is 1.64. The van der Waals surface area contributed by atoms with E-state index < -0.39 is 11.9 Å². The third-order valence-corrected chi connectivity index (χ3v) is 2.76. The zero-order chi connectivity index (χ0) is 11.7. The van der Waals surface area contributed by atoms with Gasteiger partial charge in [0.15, 0.2) is 0 Å². The number of likely N-dealkylation sites (tertiary alicyclic amines) is 1. The van der Waals surface area contributed by atoms with Crippen LogP contribution in [-0.4, -0.2) is 44.8 Å². The predicted octanol–water partition coefficient (Wildman–Crippen LogP) is -0.0332. The Labute approximate surface area is 92.5 Å². The van der Waals surface area contributed by atoms with E-state index in [0.29, 0.717) is 18.7 Å². The molecule has 16 heavy (non-hydrogen) atoms. The number of carbonyl (C=O) groups excluding carboxylic acids is 1. The van der Waals surface area contributed by atoms with Crippen molar-refractivity contribution >= 4 is 11.9 Å².